The minimum absolute atomic E-state index is 0.0257. The zero-order chi connectivity index (χ0) is 18.8. The Morgan fingerprint density at radius 1 is 1.23 bits per heavy atom. The number of allylic oxidation sites excluding steroid dienone is 4. The van der Waals surface area contributed by atoms with Gasteiger partial charge in [-0.25, -0.2) is 4.79 Å². The molecular formula is C20H19N3O3. The third-order valence-corrected chi connectivity index (χ3v) is 4.49. The molecule has 1 unspecified atom stereocenters. The lowest BCUT2D eigenvalue weighted by atomic mass is 9.83. The Kier molecular flexibility index (Phi) is 4.58. The number of hydrogen-bond donors (Lipinski definition) is 3. The summed E-state index contributed by atoms with van der Waals surface area (Å²) in [5, 5.41) is 9.28. The molecule has 0 radical (unpaired) electrons. The fourth-order valence-electron chi connectivity index (χ4n) is 3.04. The summed E-state index contributed by atoms with van der Waals surface area (Å²) >= 11 is 0. The Morgan fingerprint density at radius 2 is 2.00 bits per heavy atom. The number of carboxylic acid groups (broad SMARTS) is 1. The van der Waals surface area contributed by atoms with E-state index in [9.17, 15) is 14.7 Å². The van der Waals surface area contributed by atoms with Crippen LogP contribution in [0.3, 0.4) is 0 Å². The van der Waals surface area contributed by atoms with Crippen LogP contribution in [0.1, 0.15) is 28.5 Å². The predicted molar refractivity (Wildman–Crippen MR) is 100 cm³/mol. The first-order chi connectivity index (χ1) is 12.4. The number of anilines is 2. The maximum absolute atomic E-state index is 12.6. The number of pyridine rings is 1. The minimum atomic E-state index is -1.16. The second kappa shape index (κ2) is 6.84. The van der Waals surface area contributed by atoms with Crippen LogP contribution in [0.4, 0.5) is 11.4 Å². The molecule has 1 aliphatic rings. The van der Waals surface area contributed by atoms with Gasteiger partial charge in [-0.2, -0.15) is 0 Å². The number of carboxylic acids is 1. The predicted octanol–water partition coefficient (Wildman–Crippen LogP) is 2.72. The molecule has 0 fully saturated rings. The fraction of sp³-hybridized carbons (Fsp3) is 0.150. The molecule has 132 valence electrons. The summed E-state index contributed by atoms with van der Waals surface area (Å²) in [5.74, 6) is -1.48. The third kappa shape index (κ3) is 3.35. The molecule has 1 aliphatic carbocycles. The molecule has 3 rings (SSSR count). The van der Waals surface area contributed by atoms with Crippen molar-refractivity contribution in [2.24, 2.45) is 5.92 Å². The molecular weight excluding hydrogens is 330 g/mol. The van der Waals surface area contributed by atoms with Crippen molar-refractivity contribution in [1.29, 1.82) is 0 Å². The lowest BCUT2D eigenvalue weighted by Crippen LogP contribution is -2.20. The number of hydrogen-bond acceptors (Lipinski definition) is 5. The summed E-state index contributed by atoms with van der Waals surface area (Å²) in [7, 11) is 0. The second-order valence-electron chi connectivity index (χ2n) is 6.30. The highest BCUT2D eigenvalue weighted by atomic mass is 16.4. The molecule has 0 saturated carbocycles. The lowest BCUT2D eigenvalue weighted by molar-refractivity contribution is -0.117. The number of aromatic carboxylic acids is 1. The Morgan fingerprint density at radius 3 is 2.62 bits per heavy atom. The number of carbonyl (C=O) groups is 2. The molecule has 0 saturated heterocycles. The number of nitrogens with two attached hydrogens (primary N) is 2. The van der Waals surface area contributed by atoms with Gasteiger partial charge in [-0.3, -0.25) is 9.78 Å². The molecule has 6 nitrogen and oxygen atoms in total. The Balaban J connectivity index is 1.94. The first kappa shape index (κ1) is 17.4. The monoisotopic (exact) mass is 349 g/mol. The average Bonchev–Trinajstić information content (AvgIpc) is 2.60. The molecule has 26 heavy (non-hydrogen) atoms. The number of benzene rings is 1. The van der Waals surface area contributed by atoms with E-state index in [-0.39, 0.29) is 28.6 Å². The molecule has 0 spiro atoms. The molecule has 0 aliphatic heterocycles. The zero-order valence-corrected chi connectivity index (χ0v) is 14.3. The molecule has 0 bridgehead atoms. The van der Waals surface area contributed by atoms with Crippen molar-refractivity contribution < 1.29 is 14.7 Å². The molecule has 1 aromatic carbocycles. The summed E-state index contributed by atoms with van der Waals surface area (Å²) in [6.07, 6.45) is 5.63. The van der Waals surface area contributed by atoms with E-state index in [1.54, 1.807) is 12.3 Å². The number of carbonyl (C=O) groups excluding carboxylic acids is 1. The molecule has 2 aromatic rings. The smallest absolute Gasteiger partial charge is 0.337 e. The van der Waals surface area contributed by atoms with Crippen molar-refractivity contribution >= 4 is 28.7 Å². The topological polar surface area (TPSA) is 119 Å². The van der Waals surface area contributed by atoms with Crippen LogP contribution in [-0.4, -0.2) is 21.8 Å². The highest BCUT2D eigenvalue weighted by Crippen LogP contribution is 2.32. The van der Waals surface area contributed by atoms with Crippen LogP contribution in [-0.2, 0) is 11.2 Å². The number of nitrogen functional groups attached to an aromatic ring is 2. The van der Waals surface area contributed by atoms with Crippen LogP contribution in [0.15, 0.2) is 54.3 Å². The first-order valence-corrected chi connectivity index (χ1v) is 8.13. The van der Waals surface area contributed by atoms with E-state index in [2.05, 4.69) is 4.98 Å². The van der Waals surface area contributed by atoms with Gasteiger partial charge in [0.05, 0.1) is 16.9 Å². The van der Waals surface area contributed by atoms with E-state index >= 15 is 0 Å². The summed E-state index contributed by atoms with van der Waals surface area (Å²) in [6.45, 7) is 1.89. The molecule has 1 heterocycles. The quantitative estimate of drug-likeness (QED) is 0.730. The van der Waals surface area contributed by atoms with Crippen LogP contribution in [0.25, 0.3) is 5.57 Å². The van der Waals surface area contributed by atoms with Crippen molar-refractivity contribution in [3.63, 3.8) is 0 Å². The van der Waals surface area contributed by atoms with Crippen LogP contribution in [0.2, 0.25) is 0 Å². The van der Waals surface area contributed by atoms with E-state index < -0.39 is 5.97 Å². The standard InChI is InChI=1S/C20H19N3O3/c1-11-6-12(13-7-16(20(25)26)19(22)17(21)8-13)9-18(24)15(11)10-14-4-2-3-5-23-14/h2-9,15H,10,21-22H2,1H3,(H,25,26). The van der Waals surface area contributed by atoms with E-state index in [0.717, 1.165) is 11.3 Å². The van der Waals surface area contributed by atoms with Gasteiger partial charge in [-0.15, -0.1) is 0 Å². The lowest BCUT2D eigenvalue weighted by Gasteiger charge is -2.21. The van der Waals surface area contributed by atoms with Gasteiger partial charge in [0.25, 0.3) is 0 Å². The van der Waals surface area contributed by atoms with E-state index in [1.807, 2.05) is 31.2 Å². The molecule has 0 amide bonds. The van der Waals surface area contributed by atoms with Gasteiger partial charge >= 0.3 is 5.97 Å². The second-order valence-corrected chi connectivity index (χ2v) is 6.30. The van der Waals surface area contributed by atoms with Crippen molar-refractivity contribution in [3.8, 4) is 0 Å². The number of aromatic nitrogens is 1. The van der Waals surface area contributed by atoms with Crippen molar-refractivity contribution in [3.05, 3.63) is 71.1 Å². The number of ketones is 1. The van der Waals surface area contributed by atoms with Crippen molar-refractivity contribution in [2.45, 2.75) is 13.3 Å². The highest BCUT2D eigenvalue weighted by molar-refractivity contribution is 6.06. The summed E-state index contributed by atoms with van der Waals surface area (Å²) in [5.41, 5.74) is 14.6. The van der Waals surface area contributed by atoms with Crippen LogP contribution in [0, 0.1) is 5.92 Å². The van der Waals surface area contributed by atoms with Gasteiger partial charge in [0.1, 0.15) is 0 Å². The minimum Gasteiger partial charge on any atom is -0.478 e. The zero-order valence-electron chi connectivity index (χ0n) is 14.3. The first-order valence-electron chi connectivity index (χ1n) is 8.13. The fourth-order valence-corrected chi connectivity index (χ4v) is 3.04. The van der Waals surface area contributed by atoms with Gasteiger partial charge in [0.15, 0.2) is 5.78 Å². The van der Waals surface area contributed by atoms with E-state index in [1.165, 1.54) is 12.1 Å². The summed E-state index contributed by atoms with van der Waals surface area (Å²) in [6, 6.07) is 8.64. The largest absolute Gasteiger partial charge is 0.478 e. The van der Waals surface area contributed by atoms with Gasteiger partial charge < -0.3 is 16.6 Å². The number of nitrogens with zero attached hydrogens (tertiary/aromatic N) is 1. The van der Waals surface area contributed by atoms with Crippen molar-refractivity contribution in [2.75, 3.05) is 11.5 Å². The molecule has 5 N–H and O–H groups in total. The normalized spacial score (nSPS) is 16.8. The highest BCUT2D eigenvalue weighted by Gasteiger charge is 2.25. The Labute approximate surface area is 150 Å². The average molecular weight is 349 g/mol. The summed E-state index contributed by atoms with van der Waals surface area (Å²) in [4.78, 5) is 28.3. The maximum Gasteiger partial charge on any atom is 0.337 e. The Hall–Kier alpha value is -3.41. The van der Waals surface area contributed by atoms with Gasteiger partial charge in [0.2, 0.25) is 0 Å². The molecule has 6 heteroatoms. The van der Waals surface area contributed by atoms with Crippen LogP contribution in [0.5, 0.6) is 0 Å². The Bertz CT molecular complexity index is 946. The van der Waals surface area contributed by atoms with Gasteiger partial charge in [-0.05, 0) is 48.4 Å². The van der Waals surface area contributed by atoms with Crippen LogP contribution >= 0.6 is 0 Å². The SMILES string of the molecule is CC1=CC(c2cc(N)c(N)c(C(=O)O)c2)=CC(=O)C1Cc1ccccn1. The van der Waals surface area contributed by atoms with Crippen LogP contribution < -0.4 is 11.5 Å². The molecule has 1 aromatic heterocycles. The maximum atomic E-state index is 12.6. The molecule has 1 atom stereocenters. The van der Waals surface area contributed by atoms with Crippen molar-refractivity contribution in [1.82, 2.24) is 4.98 Å². The van der Waals surface area contributed by atoms with Gasteiger partial charge in [0, 0.05) is 24.2 Å². The van der Waals surface area contributed by atoms with Gasteiger partial charge in [-0.1, -0.05) is 17.7 Å². The number of rotatable bonds is 4. The summed E-state index contributed by atoms with van der Waals surface area (Å²) < 4.78 is 0. The van der Waals surface area contributed by atoms with E-state index in [4.69, 9.17) is 11.5 Å². The third-order valence-electron chi connectivity index (χ3n) is 4.49. The van der Waals surface area contributed by atoms with E-state index in [0.29, 0.717) is 17.6 Å².